The zero-order chi connectivity index (χ0) is 11.6. The summed E-state index contributed by atoms with van der Waals surface area (Å²) in [4.78, 5) is 0. The Kier molecular flexibility index (Phi) is 3.20. The summed E-state index contributed by atoms with van der Waals surface area (Å²) in [5.74, 6) is 0. The van der Waals surface area contributed by atoms with E-state index in [1.165, 1.54) is 12.0 Å². The van der Waals surface area contributed by atoms with E-state index < -0.39 is 0 Å². The lowest BCUT2D eigenvalue weighted by molar-refractivity contribution is 0.233. The van der Waals surface area contributed by atoms with Gasteiger partial charge in [0.2, 0.25) is 0 Å². The Bertz CT molecular complexity index is 430. The molecule has 0 unspecified atom stereocenters. The molecule has 1 fully saturated rings. The van der Waals surface area contributed by atoms with E-state index in [0.717, 1.165) is 29.5 Å². The number of aryl methyl sites for hydroxylation is 1. The van der Waals surface area contributed by atoms with Crippen molar-refractivity contribution in [2.24, 2.45) is 5.41 Å². The Hall–Kier alpha value is -1.01. The van der Waals surface area contributed by atoms with Crippen LogP contribution < -0.4 is 5.32 Å². The maximum absolute atomic E-state index is 9.11. The second-order valence-corrected chi connectivity index (χ2v) is 5.42. The van der Waals surface area contributed by atoms with Crippen molar-refractivity contribution in [3.63, 3.8) is 0 Å². The summed E-state index contributed by atoms with van der Waals surface area (Å²) in [5, 5.41) is 12.5. The summed E-state index contributed by atoms with van der Waals surface area (Å²) in [7, 11) is 0. The van der Waals surface area contributed by atoms with Gasteiger partial charge in [0.25, 0.3) is 0 Å². The number of nitrogens with one attached hydrogen (secondary N) is 1. The summed E-state index contributed by atoms with van der Waals surface area (Å²) in [6.07, 6.45) is 3.25. The molecule has 0 amide bonds. The van der Waals surface area contributed by atoms with E-state index in [-0.39, 0.29) is 5.41 Å². The summed E-state index contributed by atoms with van der Waals surface area (Å²) in [5.41, 5.74) is 2.19. The van der Waals surface area contributed by atoms with Crippen LogP contribution in [-0.2, 0) is 0 Å². The lowest BCUT2D eigenvalue weighted by atomic mass is 9.70. The third-order valence-corrected chi connectivity index (χ3v) is 4.20. The lowest BCUT2D eigenvalue weighted by Gasteiger charge is -2.35. The van der Waals surface area contributed by atoms with Gasteiger partial charge in [-0.1, -0.05) is 28.4 Å². The van der Waals surface area contributed by atoms with Crippen molar-refractivity contribution in [1.82, 2.24) is 0 Å². The molecule has 2 nitrogen and oxygen atoms in total. The van der Waals surface area contributed by atoms with Gasteiger partial charge in [0.15, 0.2) is 0 Å². The molecule has 0 radical (unpaired) electrons. The molecular weight excluding hydrogens is 264 g/mol. The lowest BCUT2D eigenvalue weighted by Crippen LogP contribution is -2.35. The molecule has 16 heavy (non-hydrogen) atoms. The summed E-state index contributed by atoms with van der Waals surface area (Å²) in [6, 6.07) is 8.64. The smallest absolute Gasteiger partial charge is 0.0746 e. The molecule has 0 saturated heterocycles. The average molecular weight is 279 g/mol. The van der Waals surface area contributed by atoms with Crippen LogP contribution in [0.2, 0.25) is 0 Å². The fourth-order valence-corrected chi connectivity index (χ4v) is 2.28. The maximum Gasteiger partial charge on any atom is 0.0746 e. The number of anilines is 1. The van der Waals surface area contributed by atoms with Crippen molar-refractivity contribution < 1.29 is 0 Å². The minimum Gasteiger partial charge on any atom is -0.383 e. The number of hydrogen-bond donors (Lipinski definition) is 1. The molecule has 0 aliphatic heterocycles. The van der Waals surface area contributed by atoms with Gasteiger partial charge in [-0.25, -0.2) is 0 Å². The first kappa shape index (κ1) is 11.5. The molecule has 1 N–H and O–H groups in total. The normalized spacial score (nSPS) is 17.3. The maximum atomic E-state index is 9.11. The predicted molar refractivity (Wildman–Crippen MR) is 69.3 cm³/mol. The topological polar surface area (TPSA) is 35.8 Å². The third kappa shape index (κ3) is 2.22. The molecule has 1 saturated carbocycles. The largest absolute Gasteiger partial charge is 0.383 e. The van der Waals surface area contributed by atoms with Crippen molar-refractivity contribution in [2.75, 3.05) is 11.9 Å². The molecule has 0 spiro atoms. The van der Waals surface area contributed by atoms with Crippen LogP contribution in [0.5, 0.6) is 0 Å². The van der Waals surface area contributed by atoms with E-state index in [9.17, 15) is 0 Å². The van der Waals surface area contributed by atoms with Gasteiger partial charge in [-0.3, -0.25) is 0 Å². The Balaban J connectivity index is 2.00. The first-order valence-corrected chi connectivity index (χ1v) is 6.36. The molecule has 1 aromatic carbocycles. The highest BCUT2D eigenvalue weighted by atomic mass is 79.9. The minimum atomic E-state index is -0.114. The Labute approximate surface area is 105 Å². The molecule has 0 atom stereocenters. The number of benzene rings is 1. The van der Waals surface area contributed by atoms with E-state index in [4.69, 9.17) is 5.26 Å². The first-order valence-electron chi connectivity index (χ1n) is 5.56. The van der Waals surface area contributed by atoms with E-state index in [1.54, 1.807) is 0 Å². The van der Waals surface area contributed by atoms with Crippen molar-refractivity contribution in [2.45, 2.75) is 26.2 Å². The fourth-order valence-electron chi connectivity index (χ4n) is 1.91. The molecule has 0 bridgehead atoms. The van der Waals surface area contributed by atoms with Gasteiger partial charge >= 0.3 is 0 Å². The monoisotopic (exact) mass is 278 g/mol. The minimum absolute atomic E-state index is 0.114. The fraction of sp³-hybridized carbons (Fsp3) is 0.462. The van der Waals surface area contributed by atoms with Crippen molar-refractivity contribution in [3.8, 4) is 6.07 Å². The van der Waals surface area contributed by atoms with Crippen LogP contribution >= 0.6 is 15.9 Å². The van der Waals surface area contributed by atoms with E-state index in [0.29, 0.717) is 0 Å². The summed E-state index contributed by atoms with van der Waals surface area (Å²) < 4.78 is 1.11. The molecule has 3 heteroatoms. The van der Waals surface area contributed by atoms with E-state index in [2.05, 4.69) is 52.4 Å². The Morgan fingerprint density at radius 2 is 2.25 bits per heavy atom. The van der Waals surface area contributed by atoms with Gasteiger partial charge in [0.05, 0.1) is 11.5 Å². The highest BCUT2D eigenvalue weighted by Crippen LogP contribution is 2.40. The van der Waals surface area contributed by atoms with Crippen molar-refractivity contribution in [1.29, 1.82) is 5.26 Å². The van der Waals surface area contributed by atoms with E-state index >= 15 is 0 Å². The molecule has 1 aliphatic carbocycles. The molecule has 0 heterocycles. The zero-order valence-electron chi connectivity index (χ0n) is 9.39. The molecule has 1 aromatic rings. The van der Waals surface area contributed by atoms with Crippen LogP contribution in [0.4, 0.5) is 5.69 Å². The first-order chi connectivity index (χ1) is 7.65. The standard InChI is InChI=1S/C13H15BrN2/c1-10-3-4-11(7-12(10)14)16-9-13(8-15)5-2-6-13/h3-4,7,16H,2,5-6,9H2,1H3. The quantitative estimate of drug-likeness (QED) is 0.911. The molecule has 1 aliphatic rings. The van der Waals surface area contributed by atoms with E-state index in [1.807, 2.05) is 0 Å². The highest BCUT2D eigenvalue weighted by molar-refractivity contribution is 9.10. The number of nitrogens with zero attached hydrogens (tertiary/aromatic N) is 1. The van der Waals surface area contributed by atoms with Crippen LogP contribution in [0.1, 0.15) is 24.8 Å². The third-order valence-electron chi connectivity index (χ3n) is 3.35. The van der Waals surface area contributed by atoms with Crippen molar-refractivity contribution in [3.05, 3.63) is 28.2 Å². The predicted octanol–water partition coefficient (Wildman–Crippen LogP) is 3.86. The van der Waals surface area contributed by atoms with Crippen LogP contribution in [-0.4, -0.2) is 6.54 Å². The number of nitriles is 1. The average Bonchev–Trinajstić information content (AvgIpc) is 2.22. The van der Waals surface area contributed by atoms with Gasteiger partial charge in [-0.2, -0.15) is 5.26 Å². The second kappa shape index (κ2) is 4.47. The highest BCUT2D eigenvalue weighted by Gasteiger charge is 2.36. The van der Waals surface area contributed by atoms with Crippen LogP contribution in [0, 0.1) is 23.7 Å². The zero-order valence-corrected chi connectivity index (χ0v) is 11.0. The van der Waals surface area contributed by atoms with Crippen molar-refractivity contribution >= 4 is 21.6 Å². The van der Waals surface area contributed by atoms with Crippen LogP contribution in [0.15, 0.2) is 22.7 Å². The number of hydrogen-bond acceptors (Lipinski definition) is 2. The Morgan fingerprint density at radius 1 is 1.50 bits per heavy atom. The molecular formula is C13H15BrN2. The number of rotatable bonds is 3. The summed E-state index contributed by atoms with van der Waals surface area (Å²) in [6.45, 7) is 2.83. The summed E-state index contributed by atoms with van der Waals surface area (Å²) >= 11 is 3.51. The molecule has 84 valence electrons. The Morgan fingerprint density at radius 3 is 2.75 bits per heavy atom. The van der Waals surface area contributed by atoms with Gasteiger partial charge in [0, 0.05) is 16.7 Å². The SMILES string of the molecule is Cc1ccc(NCC2(C#N)CCC2)cc1Br. The number of halogens is 1. The van der Waals surface area contributed by atoms with Gasteiger partial charge in [-0.05, 0) is 37.5 Å². The van der Waals surface area contributed by atoms with Gasteiger partial charge < -0.3 is 5.32 Å². The van der Waals surface area contributed by atoms with Gasteiger partial charge in [0.1, 0.15) is 0 Å². The molecule has 0 aromatic heterocycles. The van der Waals surface area contributed by atoms with Crippen LogP contribution in [0.3, 0.4) is 0 Å². The second-order valence-electron chi connectivity index (χ2n) is 4.56. The molecule has 2 rings (SSSR count). The van der Waals surface area contributed by atoms with Gasteiger partial charge in [-0.15, -0.1) is 0 Å². The van der Waals surface area contributed by atoms with Crippen LogP contribution in [0.25, 0.3) is 0 Å².